The highest BCUT2D eigenvalue weighted by molar-refractivity contribution is 6.02. The number of methoxy groups -OCH3 is 2. The molecule has 0 bridgehead atoms. The maximum Gasteiger partial charge on any atom is 0.248 e. The number of hydrogen-bond donors (Lipinski definition) is 1. The molecule has 0 radical (unpaired) electrons. The molecule has 0 atom stereocenters. The first-order valence-corrected chi connectivity index (χ1v) is 9.36. The van der Waals surface area contributed by atoms with Crippen LogP contribution in [0.25, 0.3) is 6.08 Å². The van der Waals surface area contributed by atoms with Crippen LogP contribution in [0.3, 0.4) is 0 Å². The van der Waals surface area contributed by atoms with E-state index in [-0.39, 0.29) is 5.91 Å². The number of anilines is 1. The van der Waals surface area contributed by atoms with Crippen LogP contribution < -0.4 is 19.5 Å². The quantitative estimate of drug-likeness (QED) is 0.551. The lowest BCUT2D eigenvalue weighted by Crippen LogP contribution is -2.08. The molecule has 0 unspecified atom stereocenters. The maximum atomic E-state index is 12.2. The summed E-state index contributed by atoms with van der Waals surface area (Å²) >= 11 is 0. The molecule has 1 aromatic heterocycles. The zero-order valence-electron chi connectivity index (χ0n) is 17.4. The van der Waals surface area contributed by atoms with E-state index in [9.17, 15) is 4.79 Å². The number of carbonyl (C=O) groups excluding carboxylic acids is 1. The minimum absolute atomic E-state index is 0.266. The van der Waals surface area contributed by atoms with E-state index in [2.05, 4.69) is 10.5 Å². The lowest BCUT2D eigenvalue weighted by atomic mass is 10.1. The molecule has 0 aliphatic rings. The second-order valence-electron chi connectivity index (χ2n) is 6.52. The van der Waals surface area contributed by atoms with Crippen LogP contribution in [0.2, 0.25) is 0 Å². The third-order valence-electron chi connectivity index (χ3n) is 4.53. The minimum atomic E-state index is -0.266. The van der Waals surface area contributed by atoms with E-state index in [4.69, 9.17) is 18.7 Å². The minimum Gasteiger partial charge on any atom is -0.495 e. The van der Waals surface area contributed by atoms with Gasteiger partial charge in [-0.2, -0.15) is 0 Å². The lowest BCUT2D eigenvalue weighted by molar-refractivity contribution is -0.111. The average Bonchev–Trinajstić information content (AvgIpc) is 3.08. The van der Waals surface area contributed by atoms with E-state index in [0.717, 1.165) is 22.6 Å². The van der Waals surface area contributed by atoms with Gasteiger partial charge in [-0.25, -0.2) is 0 Å². The highest BCUT2D eigenvalue weighted by Gasteiger charge is 2.12. The van der Waals surface area contributed by atoms with E-state index in [1.54, 1.807) is 44.6 Å². The van der Waals surface area contributed by atoms with Gasteiger partial charge in [0.25, 0.3) is 0 Å². The van der Waals surface area contributed by atoms with Gasteiger partial charge in [-0.15, -0.1) is 0 Å². The first-order valence-electron chi connectivity index (χ1n) is 9.36. The van der Waals surface area contributed by atoms with Crippen LogP contribution in [0.5, 0.6) is 17.2 Å². The average molecular weight is 408 g/mol. The summed E-state index contributed by atoms with van der Waals surface area (Å²) in [6.45, 7) is 4.05. The Hall–Kier alpha value is -3.74. The standard InChI is InChI=1S/C23H24N2O5/c1-15-18(16(2)30-25-15)14-29-21-11-9-17(13-22(21)28-4)10-12-23(26)24-19-7-5-6-8-20(19)27-3/h5-13H,14H2,1-4H3,(H,24,26)/b12-10+. The number of ether oxygens (including phenoxy) is 3. The van der Waals surface area contributed by atoms with Gasteiger partial charge in [-0.1, -0.05) is 23.4 Å². The fourth-order valence-electron chi connectivity index (χ4n) is 2.86. The Morgan fingerprint density at radius 3 is 2.53 bits per heavy atom. The second kappa shape index (κ2) is 9.65. The number of nitrogens with zero attached hydrogens (tertiary/aromatic N) is 1. The van der Waals surface area contributed by atoms with Crippen molar-refractivity contribution in [3.8, 4) is 17.2 Å². The molecule has 30 heavy (non-hydrogen) atoms. The highest BCUT2D eigenvalue weighted by atomic mass is 16.5. The van der Waals surface area contributed by atoms with Crippen molar-refractivity contribution in [2.24, 2.45) is 0 Å². The number of aromatic nitrogens is 1. The highest BCUT2D eigenvalue weighted by Crippen LogP contribution is 2.30. The van der Waals surface area contributed by atoms with E-state index in [0.29, 0.717) is 29.5 Å². The van der Waals surface area contributed by atoms with Gasteiger partial charge < -0.3 is 24.1 Å². The van der Waals surface area contributed by atoms with Gasteiger partial charge in [0.15, 0.2) is 11.5 Å². The van der Waals surface area contributed by atoms with Gasteiger partial charge in [-0.3, -0.25) is 4.79 Å². The molecule has 2 aromatic carbocycles. The van der Waals surface area contributed by atoms with Crippen LogP contribution in [0.15, 0.2) is 53.1 Å². The third kappa shape index (κ3) is 5.00. The lowest BCUT2D eigenvalue weighted by Gasteiger charge is -2.11. The summed E-state index contributed by atoms with van der Waals surface area (Å²) in [6.07, 6.45) is 3.15. The molecule has 0 saturated heterocycles. The molecule has 0 fully saturated rings. The van der Waals surface area contributed by atoms with Gasteiger partial charge in [0.1, 0.15) is 18.1 Å². The van der Waals surface area contributed by atoms with Gasteiger partial charge in [0.05, 0.1) is 31.2 Å². The first-order chi connectivity index (χ1) is 14.5. The molecular weight excluding hydrogens is 384 g/mol. The number of aryl methyl sites for hydroxylation is 2. The Bertz CT molecular complexity index is 1040. The molecule has 0 aliphatic carbocycles. The molecule has 7 heteroatoms. The van der Waals surface area contributed by atoms with Crippen molar-refractivity contribution in [2.75, 3.05) is 19.5 Å². The number of benzene rings is 2. The third-order valence-corrected chi connectivity index (χ3v) is 4.53. The second-order valence-corrected chi connectivity index (χ2v) is 6.52. The van der Waals surface area contributed by atoms with E-state index < -0.39 is 0 Å². The number of hydrogen-bond acceptors (Lipinski definition) is 6. The zero-order valence-corrected chi connectivity index (χ0v) is 17.4. The summed E-state index contributed by atoms with van der Waals surface area (Å²) in [5, 5.41) is 6.72. The van der Waals surface area contributed by atoms with Crippen molar-refractivity contribution in [1.29, 1.82) is 0 Å². The van der Waals surface area contributed by atoms with Crippen LogP contribution in [0.4, 0.5) is 5.69 Å². The Morgan fingerprint density at radius 1 is 1.07 bits per heavy atom. The van der Waals surface area contributed by atoms with Crippen LogP contribution >= 0.6 is 0 Å². The van der Waals surface area contributed by atoms with Crippen molar-refractivity contribution in [2.45, 2.75) is 20.5 Å². The Labute approximate surface area is 175 Å². The molecule has 1 N–H and O–H groups in total. The molecule has 1 amide bonds. The smallest absolute Gasteiger partial charge is 0.248 e. The van der Waals surface area contributed by atoms with Crippen molar-refractivity contribution in [3.63, 3.8) is 0 Å². The predicted molar refractivity (Wildman–Crippen MR) is 114 cm³/mol. The molecule has 156 valence electrons. The fourth-order valence-corrected chi connectivity index (χ4v) is 2.86. The summed E-state index contributed by atoms with van der Waals surface area (Å²) in [6, 6.07) is 12.7. The molecule has 0 aliphatic heterocycles. The summed E-state index contributed by atoms with van der Waals surface area (Å²) in [4.78, 5) is 12.2. The van der Waals surface area contributed by atoms with Gasteiger partial charge in [0, 0.05) is 6.08 Å². The van der Waals surface area contributed by atoms with Crippen LogP contribution in [-0.4, -0.2) is 25.3 Å². The van der Waals surface area contributed by atoms with E-state index >= 15 is 0 Å². The summed E-state index contributed by atoms with van der Waals surface area (Å²) in [7, 11) is 3.13. The number of para-hydroxylation sites is 2. The molecule has 3 aromatic rings. The molecule has 0 spiro atoms. The van der Waals surface area contributed by atoms with E-state index in [1.165, 1.54) is 6.08 Å². The molecule has 7 nitrogen and oxygen atoms in total. The monoisotopic (exact) mass is 408 g/mol. The van der Waals surface area contributed by atoms with Crippen LogP contribution in [0, 0.1) is 13.8 Å². The summed E-state index contributed by atoms with van der Waals surface area (Å²) in [5.41, 5.74) is 3.11. The van der Waals surface area contributed by atoms with Gasteiger partial charge in [-0.05, 0) is 49.8 Å². The summed E-state index contributed by atoms with van der Waals surface area (Å²) < 4.78 is 21.7. The SMILES string of the molecule is COc1ccccc1NC(=O)/C=C/c1ccc(OCc2c(C)noc2C)c(OC)c1. The Kier molecular flexibility index (Phi) is 6.75. The van der Waals surface area contributed by atoms with Gasteiger partial charge in [0.2, 0.25) is 5.91 Å². The molecule has 1 heterocycles. The predicted octanol–water partition coefficient (Wildman–Crippen LogP) is 4.54. The Morgan fingerprint density at radius 2 is 1.83 bits per heavy atom. The van der Waals surface area contributed by atoms with Crippen LogP contribution in [-0.2, 0) is 11.4 Å². The van der Waals surface area contributed by atoms with Crippen molar-refractivity contribution in [1.82, 2.24) is 5.16 Å². The maximum absolute atomic E-state index is 12.2. The first kappa shape index (κ1) is 21.0. The molecule has 3 rings (SSSR count). The zero-order chi connectivity index (χ0) is 21.5. The summed E-state index contributed by atoms with van der Waals surface area (Å²) in [5.74, 6) is 2.21. The normalized spacial score (nSPS) is 10.8. The van der Waals surface area contributed by atoms with E-state index in [1.807, 2.05) is 32.0 Å². The molecule has 0 saturated carbocycles. The number of rotatable bonds is 8. The number of carbonyl (C=O) groups is 1. The number of amides is 1. The fraction of sp³-hybridized carbons (Fsp3) is 0.217. The van der Waals surface area contributed by atoms with Crippen molar-refractivity contribution in [3.05, 3.63) is 71.1 Å². The van der Waals surface area contributed by atoms with Crippen molar-refractivity contribution >= 4 is 17.7 Å². The largest absolute Gasteiger partial charge is 0.495 e. The topological polar surface area (TPSA) is 82.8 Å². The molecular formula is C23H24N2O5. The van der Waals surface area contributed by atoms with Crippen molar-refractivity contribution < 1.29 is 23.5 Å². The van der Waals surface area contributed by atoms with Crippen LogP contribution in [0.1, 0.15) is 22.6 Å². The van der Waals surface area contributed by atoms with Gasteiger partial charge >= 0.3 is 0 Å². The number of nitrogens with one attached hydrogen (secondary N) is 1. The Balaban J connectivity index is 1.67.